The fourth-order valence-corrected chi connectivity index (χ4v) is 3.66. The molecular formula is C17H16ClNOS. The standard InChI is InChI=1S/C17H15NOS.ClH/c1-2-6-13-12(4-1)5-3-7-15(13)19-16-10-18-11-17-14(16)8-9-20-17;/h1-9,16,18H,10-11H2;1H. The van der Waals surface area contributed by atoms with Crippen LogP contribution in [0.4, 0.5) is 0 Å². The third-order valence-electron chi connectivity index (χ3n) is 3.76. The van der Waals surface area contributed by atoms with Crippen LogP contribution in [0.3, 0.4) is 0 Å². The molecule has 1 aromatic heterocycles. The fraction of sp³-hybridized carbons (Fsp3) is 0.176. The van der Waals surface area contributed by atoms with E-state index in [9.17, 15) is 0 Å². The smallest absolute Gasteiger partial charge is 0.137 e. The van der Waals surface area contributed by atoms with Crippen LogP contribution in [0.2, 0.25) is 0 Å². The van der Waals surface area contributed by atoms with Crippen LogP contribution in [0.25, 0.3) is 10.8 Å². The molecule has 0 saturated carbocycles. The topological polar surface area (TPSA) is 21.3 Å². The summed E-state index contributed by atoms with van der Waals surface area (Å²) >= 11 is 1.80. The monoisotopic (exact) mass is 317 g/mol. The number of hydrogen-bond donors (Lipinski definition) is 1. The lowest BCUT2D eigenvalue weighted by Gasteiger charge is -2.25. The zero-order chi connectivity index (χ0) is 13.4. The van der Waals surface area contributed by atoms with Gasteiger partial charge in [-0.05, 0) is 22.9 Å². The van der Waals surface area contributed by atoms with Crippen LogP contribution in [-0.4, -0.2) is 6.54 Å². The first kappa shape index (κ1) is 14.4. The minimum Gasteiger partial charge on any atom is -0.484 e. The Labute approximate surface area is 134 Å². The van der Waals surface area contributed by atoms with E-state index in [2.05, 4.69) is 59.2 Å². The molecule has 0 bridgehead atoms. The highest BCUT2D eigenvalue weighted by Crippen LogP contribution is 2.33. The minimum absolute atomic E-state index is 0. The number of hydrogen-bond acceptors (Lipinski definition) is 3. The van der Waals surface area contributed by atoms with Gasteiger partial charge in [0, 0.05) is 28.9 Å². The third-order valence-corrected chi connectivity index (χ3v) is 4.70. The zero-order valence-electron chi connectivity index (χ0n) is 11.4. The molecule has 0 aliphatic carbocycles. The first-order valence-corrected chi connectivity index (χ1v) is 7.71. The van der Waals surface area contributed by atoms with Gasteiger partial charge in [-0.2, -0.15) is 0 Å². The quantitative estimate of drug-likeness (QED) is 0.749. The summed E-state index contributed by atoms with van der Waals surface area (Å²) in [5.74, 6) is 0.967. The van der Waals surface area contributed by atoms with Crippen molar-refractivity contribution in [2.75, 3.05) is 6.54 Å². The van der Waals surface area contributed by atoms with E-state index < -0.39 is 0 Å². The summed E-state index contributed by atoms with van der Waals surface area (Å²) in [5, 5.41) is 7.98. The van der Waals surface area contributed by atoms with Gasteiger partial charge >= 0.3 is 0 Å². The fourth-order valence-electron chi connectivity index (χ4n) is 2.76. The molecule has 0 amide bonds. The second kappa shape index (κ2) is 6.06. The van der Waals surface area contributed by atoms with Crippen LogP contribution in [0.5, 0.6) is 5.75 Å². The maximum Gasteiger partial charge on any atom is 0.137 e. The number of benzene rings is 2. The molecule has 1 aliphatic heterocycles. The van der Waals surface area contributed by atoms with E-state index in [-0.39, 0.29) is 18.5 Å². The maximum absolute atomic E-state index is 6.30. The van der Waals surface area contributed by atoms with Crippen LogP contribution < -0.4 is 10.1 Å². The Bertz CT molecular complexity index is 750. The number of thiophene rings is 1. The second-order valence-corrected chi connectivity index (χ2v) is 6.01. The Hall–Kier alpha value is -1.55. The van der Waals surface area contributed by atoms with Crippen molar-refractivity contribution in [1.82, 2.24) is 5.32 Å². The molecule has 0 saturated heterocycles. The summed E-state index contributed by atoms with van der Waals surface area (Å²) in [6.07, 6.45) is 0.107. The van der Waals surface area contributed by atoms with E-state index in [1.54, 1.807) is 11.3 Å². The zero-order valence-corrected chi connectivity index (χ0v) is 13.0. The Morgan fingerprint density at radius 1 is 1.05 bits per heavy atom. The molecule has 2 heterocycles. The van der Waals surface area contributed by atoms with E-state index in [1.807, 2.05) is 0 Å². The third kappa shape index (κ3) is 2.64. The van der Waals surface area contributed by atoms with Gasteiger partial charge in [-0.25, -0.2) is 0 Å². The highest BCUT2D eigenvalue weighted by atomic mass is 35.5. The molecule has 4 heteroatoms. The first-order valence-electron chi connectivity index (χ1n) is 6.83. The lowest BCUT2D eigenvalue weighted by Crippen LogP contribution is -2.30. The number of halogens is 1. The summed E-state index contributed by atoms with van der Waals surface area (Å²) in [4.78, 5) is 1.39. The number of nitrogens with one attached hydrogen (secondary N) is 1. The molecule has 2 nitrogen and oxygen atoms in total. The van der Waals surface area contributed by atoms with Crippen LogP contribution in [0, 0.1) is 0 Å². The van der Waals surface area contributed by atoms with E-state index in [4.69, 9.17) is 4.74 Å². The van der Waals surface area contributed by atoms with Gasteiger partial charge in [0.2, 0.25) is 0 Å². The SMILES string of the molecule is Cl.c1ccc2c(OC3CNCc4sccc43)cccc2c1. The molecule has 1 atom stereocenters. The second-order valence-electron chi connectivity index (χ2n) is 5.01. The van der Waals surface area contributed by atoms with Crippen LogP contribution >= 0.6 is 23.7 Å². The van der Waals surface area contributed by atoms with Crippen LogP contribution in [-0.2, 0) is 6.54 Å². The van der Waals surface area contributed by atoms with E-state index in [1.165, 1.54) is 21.2 Å². The van der Waals surface area contributed by atoms with Crippen molar-refractivity contribution in [1.29, 1.82) is 0 Å². The highest BCUT2D eigenvalue weighted by Gasteiger charge is 2.22. The summed E-state index contributed by atoms with van der Waals surface area (Å²) in [7, 11) is 0. The summed E-state index contributed by atoms with van der Waals surface area (Å²) in [6, 6.07) is 16.8. The Kier molecular flexibility index (Phi) is 4.15. The summed E-state index contributed by atoms with van der Waals surface area (Å²) in [6.45, 7) is 1.83. The molecule has 21 heavy (non-hydrogen) atoms. The largest absolute Gasteiger partial charge is 0.484 e. The molecule has 0 fully saturated rings. The Morgan fingerprint density at radius 2 is 1.90 bits per heavy atom. The maximum atomic E-state index is 6.30. The normalized spacial score (nSPS) is 17.0. The lowest BCUT2D eigenvalue weighted by atomic mass is 10.1. The molecule has 0 spiro atoms. The van der Waals surface area contributed by atoms with Gasteiger partial charge in [0.1, 0.15) is 11.9 Å². The molecule has 4 rings (SSSR count). The van der Waals surface area contributed by atoms with E-state index >= 15 is 0 Å². The van der Waals surface area contributed by atoms with Crippen molar-refractivity contribution in [2.45, 2.75) is 12.6 Å². The predicted octanol–water partition coefficient (Wildman–Crippen LogP) is 4.55. The van der Waals surface area contributed by atoms with Gasteiger partial charge < -0.3 is 10.1 Å². The van der Waals surface area contributed by atoms with Crippen molar-refractivity contribution in [3.05, 3.63) is 64.4 Å². The summed E-state index contributed by atoms with van der Waals surface area (Å²) in [5.41, 5.74) is 1.33. The van der Waals surface area contributed by atoms with Gasteiger partial charge in [-0.3, -0.25) is 0 Å². The van der Waals surface area contributed by atoms with Gasteiger partial charge in [-0.15, -0.1) is 23.7 Å². The Morgan fingerprint density at radius 3 is 2.86 bits per heavy atom. The van der Waals surface area contributed by atoms with Crippen LogP contribution in [0.1, 0.15) is 16.5 Å². The first-order chi connectivity index (χ1) is 9.92. The minimum atomic E-state index is 0. The lowest BCUT2D eigenvalue weighted by molar-refractivity contribution is 0.195. The van der Waals surface area contributed by atoms with Crippen molar-refractivity contribution in [3.8, 4) is 5.75 Å². The average molecular weight is 318 g/mol. The highest BCUT2D eigenvalue weighted by molar-refractivity contribution is 7.10. The summed E-state index contributed by atoms with van der Waals surface area (Å²) < 4.78 is 6.30. The van der Waals surface area contributed by atoms with Gasteiger partial charge in [0.15, 0.2) is 0 Å². The number of ether oxygens (including phenoxy) is 1. The molecule has 3 aromatic rings. The van der Waals surface area contributed by atoms with Crippen molar-refractivity contribution < 1.29 is 4.74 Å². The molecule has 2 aromatic carbocycles. The number of fused-ring (bicyclic) bond motifs is 2. The number of rotatable bonds is 2. The molecule has 108 valence electrons. The van der Waals surface area contributed by atoms with Crippen LogP contribution in [0.15, 0.2) is 53.9 Å². The molecule has 1 unspecified atom stereocenters. The predicted molar refractivity (Wildman–Crippen MR) is 90.6 cm³/mol. The van der Waals surface area contributed by atoms with E-state index in [0.717, 1.165) is 18.8 Å². The van der Waals surface area contributed by atoms with Crippen molar-refractivity contribution in [2.24, 2.45) is 0 Å². The van der Waals surface area contributed by atoms with Gasteiger partial charge in [0.25, 0.3) is 0 Å². The molecular weight excluding hydrogens is 302 g/mol. The van der Waals surface area contributed by atoms with Gasteiger partial charge in [-0.1, -0.05) is 36.4 Å². The average Bonchev–Trinajstić information content (AvgIpc) is 2.97. The molecule has 1 aliphatic rings. The molecule has 0 radical (unpaired) electrons. The Balaban J connectivity index is 0.00000132. The van der Waals surface area contributed by atoms with Gasteiger partial charge in [0.05, 0.1) is 0 Å². The van der Waals surface area contributed by atoms with E-state index in [0.29, 0.717) is 0 Å². The van der Waals surface area contributed by atoms with Crippen molar-refractivity contribution in [3.63, 3.8) is 0 Å². The van der Waals surface area contributed by atoms with Crippen molar-refractivity contribution >= 4 is 34.5 Å². The molecule has 1 N–H and O–H groups in total.